The average molecular weight is 322 g/mol. The summed E-state index contributed by atoms with van der Waals surface area (Å²) in [5.74, 6) is 0. The molecule has 4 heteroatoms. The second-order valence-electron chi connectivity index (χ2n) is 4.86. The monoisotopic (exact) mass is 321 g/mol. The average Bonchev–Trinajstić information content (AvgIpc) is 2.66. The molecular weight excluding hydrogens is 302 g/mol. The molecule has 0 unspecified atom stereocenters. The van der Waals surface area contributed by atoms with E-state index in [1.54, 1.807) is 0 Å². The van der Waals surface area contributed by atoms with Gasteiger partial charge in [0, 0.05) is 19.3 Å². The molecule has 2 rings (SSSR count). The van der Waals surface area contributed by atoms with Crippen LogP contribution >= 0.6 is 15.9 Å². The molecule has 19 heavy (non-hydrogen) atoms. The number of halogens is 1. The van der Waals surface area contributed by atoms with Gasteiger partial charge in [-0.1, -0.05) is 12.1 Å². The lowest BCUT2D eigenvalue weighted by Crippen LogP contribution is -2.19. The molecular formula is C15H20BrN3. The number of hydrogen-bond acceptors (Lipinski definition) is 2. The van der Waals surface area contributed by atoms with Crippen LogP contribution in [0.3, 0.4) is 0 Å². The van der Waals surface area contributed by atoms with Crippen molar-refractivity contribution in [2.45, 2.75) is 33.9 Å². The number of aryl methyl sites for hydroxylation is 3. The van der Waals surface area contributed by atoms with E-state index in [0.717, 1.165) is 23.3 Å². The van der Waals surface area contributed by atoms with Gasteiger partial charge in [-0.05, 0) is 54.4 Å². The smallest absolute Gasteiger partial charge is 0.0739 e. The first-order valence-electron chi connectivity index (χ1n) is 6.52. The summed E-state index contributed by atoms with van der Waals surface area (Å²) < 4.78 is 3.18. The normalized spacial score (nSPS) is 10.8. The Morgan fingerprint density at radius 1 is 1.32 bits per heavy atom. The highest BCUT2D eigenvalue weighted by Gasteiger charge is 2.14. The van der Waals surface area contributed by atoms with Crippen molar-refractivity contribution in [3.8, 4) is 0 Å². The molecule has 0 saturated carbocycles. The Morgan fingerprint density at radius 3 is 2.68 bits per heavy atom. The van der Waals surface area contributed by atoms with E-state index in [-0.39, 0.29) is 0 Å². The molecule has 0 radical (unpaired) electrons. The number of nitrogens with zero attached hydrogens (tertiary/aromatic N) is 3. The van der Waals surface area contributed by atoms with Crippen LogP contribution in [0.2, 0.25) is 0 Å². The maximum atomic E-state index is 4.54. The van der Waals surface area contributed by atoms with Crippen LogP contribution in [0.1, 0.15) is 23.9 Å². The Balaban J connectivity index is 2.26. The lowest BCUT2D eigenvalue weighted by atomic mass is 10.2. The maximum absolute atomic E-state index is 4.54. The zero-order valence-electron chi connectivity index (χ0n) is 11.9. The Labute approximate surface area is 123 Å². The quantitative estimate of drug-likeness (QED) is 0.851. The van der Waals surface area contributed by atoms with E-state index in [1.165, 1.54) is 16.9 Å². The van der Waals surface area contributed by atoms with Crippen LogP contribution in [-0.4, -0.2) is 16.8 Å². The summed E-state index contributed by atoms with van der Waals surface area (Å²) in [7, 11) is 2.11. The molecule has 1 aromatic heterocycles. The molecule has 1 aromatic carbocycles. The van der Waals surface area contributed by atoms with Crippen LogP contribution in [-0.2, 0) is 13.1 Å². The first-order valence-corrected chi connectivity index (χ1v) is 7.31. The number of anilines is 1. The van der Waals surface area contributed by atoms with Crippen molar-refractivity contribution in [3.63, 3.8) is 0 Å². The van der Waals surface area contributed by atoms with Gasteiger partial charge in [-0.25, -0.2) is 0 Å². The molecule has 102 valence electrons. The summed E-state index contributed by atoms with van der Waals surface area (Å²) in [6, 6.07) is 8.56. The highest BCUT2D eigenvalue weighted by molar-refractivity contribution is 9.10. The number of rotatable bonds is 4. The van der Waals surface area contributed by atoms with E-state index in [1.807, 2.05) is 6.92 Å². The molecule has 0 aliphatic heterocycles. The fraction of sp³-hybridized carbons (Fsp3) is 0.400. The molecule has 0 spiro atoms. The van der Waals surface area contributed by atoms with Gasteiger partial charge in [0.15, 0.2) is 0 Å². The predicted molar refractivity (Wildman–Crippen MR) is 83.6 cm³/mol. The van der Waals surface area contributed by atoms with Crippen LogP contribution < -0.4 is 4.90 Å². The zero-order chi connectivity index (χ0) is 14.0. The molecule has 0 bridgehead atoms. The van der Waals surface area contributed by atoms with Gasteiger partial charge in [0.2, 0.25) is 0 Å². The second-order valence-corrected chi connectivity index (χ2v) is 5.65. The summed E-state index contributed by atoms with van der Waals surface area (Å²) in [5.41, 5.74) is 4.79. The zero-order valence-corrected chi connectivity index (χ0v) is 13.5. The lowest BCUT2D eigenvalue weighted by Gasteiger charge is -2.20. The van der Waals surface area contributed by atoms with Gasteiger partial charge in [0.25, 0.3) is 0 Å². The highest BCUT2D eigenvalue weighted by atomic mass is 79.9. The SMILES string of the molecule is CCn1nc(C)c(Br)c1CN(C)c1cccc(C)c1. The molecule has 3 nitrogen and oxygen atoms in total. The van der Waals surface area contributed by atoms with E-state index in [9.17, 15) is 0 Å². The summed E-state index contributed by atoms with van der Waals surface area (Å²) in [4.78, 5) is 2.25. The van der Waals surface area contributed by atoms with Crippen LogP contribution in [0.5, 0.6) is 0 Å². The van der Waals surface area contributed by atoms with Gasteiger partial charge in [0.05, 0.1) is 22.4 Å². The van der Waals surface area contributed by atoms with Crippen LogP contribution in [0.4, 0.5) is 5.69 Å². The number of benzene rings is 1. The van der Waals surface area contributed by atoms with Crippen molar-refractivity contribution < 1.29 is 0 Å². The van der Waals surface area contributed by atoms with Crippen molar-refractivity contribution in [2.75, 3.05) is 11.9 Å². The molecule has 1 heterocycles. The third kappa shape index (κ3) is 3.00. The molecule has 0 saturated heterocycles. The highest BCUT2D eigenvalue weighted by Crippen LogP contribution is 2.24. The molecule has 0 aliphatic rings. The van der Waals surface area contributed by atoms with Crippen molar-refractivity contribution in [1.82, 2.24) is 9.78 Å². The largest absolute Gasteiger partial charge is 0.369 e. The molecule has 0 atom stereocenters. The minimum Gasteiger partial charge on any atom is -0.369 e. The van der Waals surface area contributed by atoms with Crippen LogP contribution in [0.15, 0.2) is 28.7 Å². The topological polar surface area (TPSA) is 21.1 Å². The van der Waals surface area contributed by atoms with Gasteiger partial charge >= 0.3 is 0 Å². The Bertz CT molecular complexity index is 575. The van der Waals surface area contributed by atoms with Crippen molar-refractivity contribution in [1.29, 1.82) is 0 Å². The third-order valence-corrected chi connectivity index (χ3v) is 4.31. The summed E-state index contributed by atoms with van der Waals surface area (Å²) in [5, 5.41) is 4.54. The number of aromatic nitrogens is 2. The summed E-state index contributed by atoms with van der Waals surface area (Å²) >= 11 is 3.65. The Morgan fingerprint density at radius 2 is 2.05 bits per heavy atom. The Kier molecular flexibility index (Phi) is 4.30. The van der Waals surface area contributed by atoms with E-state index in [4.69, 9.17) is 0 Å². The van der Waals surface area contributed by atoms with Crippen LogP contribution in [0.25, 0.3) is 0 Å². The maximum Gasteiger partial charge on any atom is 0.0739 e. The molecule has 0 aliphatic carbocycles. The third-order valence-electron chi connectivity index (χ3n) is 3.28. The summed E-state index contributed by atoms with van der Waals surface area (Å²) in [6.45, 7) is 8.01. The van der Waals surface area contributed by atoms with Crippen molar-refractivity contribution in [3.05, 3.63) is 45.7 Å². The minimum atomic E-state index is 0.846. The molecule has 2 aromatic rings. The summed E-state index contributed by atoms with van der Waals surface area (Å²) in [6.07, 6.45) is 0. The molecule has 0 amide bonds. The van der Waals surface area contributed by atoms with Crippen molar-refractivity contribution in [2.24, 2.45) is 0 Å². The van der Waals surface area contributed by atoms with Crippen LogP contribution in [0, 0.1) is 13.8 Å². The molecule has 0 fully saturated rings. The van der Waals surface area contributed by atoms with E-state index >= 15 is 0 Å². The van der Waals surface area contributed by atoms with Crippen molar-refractivity contribution >= 4 is 21.6 Å². The van der Waals surface area contributed by atoms with Gasteiger partial charge in [-0.15, -0.1) is 0 Å². The fourth-order valence-corrected chi connectivity index (χ4v) is 2.61. The van der Waals surface area contributed by atoms with Gasteiger partial charge in [0.1, 0.15) is 0 Å². The first kappa shape index (κ1) is 14.1. The first-order chi connectivity index (χ1) is 9.02. The molecule has 0 N–H and O–H groups in total. The second kappa shape index (κ2) is 5.78. The minimum absolute atomic E-state index is 0.846. The van der Waals surface area contributed by atoms with E-state index in [2.05, 4.69) is 75.8 Å². The number of hydrogen-bond donors (Lipinski definition) is 0. The fourth-order valence-electron chi connectivity index (χ4n) is 2.20. The van der Waals surface area contributed by atoms with E-state index < -0.39 is 0 Å². The Hall–Kier alpha value is -1.29. The van der Waals surface area contributed by atoms with E-state index in [0.29, 0.717) is 0 Å². The predicted octanol–water partition coefficient (Wildman–Crippen LogP) is 3.92. The van der Waals surface area contributed by atoms with Gasteiger partial charge in [-0.2, -0.15) is 5.10 Å². The van der Waals surface area contributed by atoms with Gasteiger partial charge < -0.3 is 4.90 Å². The standard InChI is InChI=1S/C15H20BrN3/c1-5-19-14(15(16)12(3)17-19)10-18(4)13-8-6-7-11(2)9-13/h6-9H,5,10H2,1-4H3. The lowest BCUT2D eigenvalue weighted by molar-refractivity contribution is 0.612. The van der Waals surface area contributed by atoms with Gasteiger partial charge in [-0.3, -0.25) is 4.68 Å².